The lowest BCUT2D eigenvalue weighted by Gasteiger charge is -2.47. The quantitative estimate of drug-likeness (QED) is 0.621. The van der Waals surface area contributed by atoms with Crippen LogP contribution in [-0.4, -0.2) is 24.7 Å². The van der Waals surface area contributed by atoms with Crippen molar-refractivity contribution in [3.05, 3.63) is 39.7 Å². The van der Waals surface area contributed by atoms with Gasteiger partial charge in [0.05, 0.1) is 6.61 Å². The van der Waals surface area contributed by atoms with E-state index in [4.69, 9.17) is 9.15 Å². The Kier molecular flexibility index (Phi) is 4.35. The average Bonchev–Trinajstić information content (AvgIpc) is 2.53. The minimum absolute atomic E-state index is 0.0417. The van der Waals surface area contributed by atoms with Crippen molar-refractivity contribution in [1.82, 2.24) is 0 Å². The smallest absolute Gasteiger partial charge is 0.351 e. The number of nitrogens with zero attached hydrogens (tertiary/aromatic N) is 1. The fraction of sp³-hybridized carbons (Fsp3) is 0.500. The molecule has 0 bridgehead atoms. The second kappa shape index (κ2) is 6.21. The van der Waals surface area contributed by atoms with Gasteiger partial charge in [-0.25, -0.2) is 9.59 Å². The molecule has 0 saturated heterocycles. The van der Waals surface area contributed by atoms with E-state index in [-0.39, 0.29) is 23.6 Å². The number of carbonyl (C=O) groups excluding carboxylic acids is 1. The molecule has 3 rings (SSSR count). The van der Waals surface area contributed by atoms with E-state index in [0.717, 1.165) is 29.6 Å². The Bertz CT molecular complexity index is 881. The summed E-state index contributed by atoms with van der Waals surface area (Å²) in [6.07, 6.45) is 0.969. The third-order valence-corrected chi connectivity index (χ3v) is 5.05. The molecule has 0 amide bonds. The summed E-state index contributed by atoms with van der Waals surface area (Å²) in [7, 11) is 0. The molecule has 134 valence electrons. The summed E-state index contributed by atoms with van der Waals surface area (Å²) in [5, 5.41) is 0.754. The number of ether oxygens (including phenoxy) is 1. The minimum atomic E-state index is -0.639. The van der Waals surface area contributed by atoms with Crippen LogP contribution in [0.3, 0.4) is 0 Å². The standard InChI is InChI=1S/C20H25NO4/c1-6-21-15-9-8-13-10-14(18(22)24-7-2)19(23)25-17(13)16(15)12(3)11-20(21,4)5/h8-10,12H,6-7,11H2,1-5H3. The summed E-state index contributed by atoms with van der Waals surface area (Å²) in [5.41, 5.74) is 2.08. The number of rotatable bonds is 3. The highest BCUT2D eigenvalue weighted by atomic mass is 16.5. The molecule has 0 saturated carbocycles. The molecule has 1 atom stereocenters. The monoisotopic (exact) mass is 343 g/mol. The van der Waals surface area contributed by atoms with Crippen LogP contribution in [0.5, 0.6) is 0 Å². The van der Waals surface area contributed by atoms with Crippen molar-refractivity contribution in [2.75, 3.05) is 18.1 Å². The van der Waals surface area contributed by atoms with Crippen LogP contribution in [0.1, 0.15) is 62.9 Å². The predicted molar refractivity (Wildman–Crippen MR) is 98.6 cm³/mol. The average molecular weight is 343 g/mol. The van der Waals surface area contributed by atoms with Crippen LogP contribution in [-0.2, 0) is 4.74 Å². The van der Waals surface area contributed by atoms with E-state index in [1.807, 2.05) is 6.07 Å². The Labute approximate surface area is 147 Å². The minimum Gasteiger partial charge on any atom is -0.462 e. The summed E-state index contributed by atoms with van der Waals surface area (Å²) < 4.78 is 10.6. The van der Waals surface area contributed by atoms with Gasteiger partial charge in [0, 0.05) is 28.7 Å². The normalized spacial score (nSPS) is 18.9. The molecule has 2 heterocycles. The van der Waals surface area contributed by atoms with Crippen molar-refractivity contribution < 1.29 is 13.9 Å². The largest absolute Gasteiger partial charge is 0.462 e. The third-order valence-electron chi connectivity index (χ3n) is 5.05. The molecule has 0 aliphatic carbocycles. The lowest BCUT2D eigenvalue weighted by atomic mass is 9.79. The van der Waals surface area contributed by atoms with Crippen molar-refractivity contribution in [2.24, 2.45) is 0 Å². The molecule has 5 heteroatoms. The van der Waals surface area contributed by atoms with E-state index in [2.05, 4.69) is 38.7 Å². The van der Waals surface area contributed by atoms with Gasteiger partial charge in [0.1, 0.15) is 11.1 Å². The molecule has 1 unspecified atom stereocenters. The molecular weight excluding hydrogens is 318 g/mol. The van der Waals surface area contributed by atoms with Crippen LogP contribution in [0.4, 0.5) is 5.69 Å². The van der Waals surface area contributed by atoms with Gasteiger partial charge in [-0.2, -0.15) is 0 Å². The Morgan fingerprint density at radius 3 is 2.72 bits per heavy atom. The fourth-order valence-corrected chi connectivity index (χ4v) is 4.14. The Morgan fingerprint density at radius 1 is 1.36 bits per heavy atom. The highest BCUT2D eigenvalue weighted by molar-refractivity contribution is 5.95. The number of fused-ring (bicyclic) bond motifs is 3. The van der Waals surface area contributed by atoms with Crippen LogP contribution in [0, 0.1) is 0 Å². The number of hydrogen-bond donors (Lipinski definition) is 0. The van der Waals surface area contributed by atoms with Gasteiger partial charge >= 0.3 is 11.6 Å². The van der Waals surface area contributed by atoms with Gasteiger partial charge in [0.15, 0.2) is 0 Å². The molecule has 0 fully saturated rings. The number of esters is 1. The molecule has 0 spiro atoms. The number of carbonyl (C=O) groups is 1. The van der Waals surface area contributed by atoms with Crippen LogP contribution in [0.2, 0.25) is 0 Å². The molecule has 5 nitrogen and oxygen atoms in total. The third kappa shape index (κ3) is 2.81. The van der Waals surface area contributed by atoms with Gasteiger partial charge < -0.3 is 14.1 Å². The van der Waals surface area contributed by atoms with E-state index < -0.39 is 11.6 Å². The summed E-state index contributed by atoms with van der Waals surface area (Å²) in [6.45, 7) is 11.6. The summed E-state index contributed by atoms with van der Waals surface area (Å²) in [4.78, 5) is 26.6. The Hall–Kier alpha value is -2.30. The van der Waals surface area contributed by atoms with E-state index in [1.54, 1.807) is 13.0 Å². The summed E-state index contributed by atoms with van der Waals surface area (Å²) in [6, 6.07) is 5.56. The van der Waals surface area contributed by atoms with Gasteiger partial charge in [-0.15, -0.1) is 0 Å². The van der Waals surface area contributed by atoms with Gasteiger partial charge in [0.2, 0.25) is 0 Å². The van der Waals surface area contributed by atoms with Crippen LogP contribution in [0.25, 0.3) is 11.0 Å². The van der Waals surface area contributed by atoms with Crippen molar-refractivity contribution in [3.63, 3.8) is 0 Å². The summed E-state index contributed by atoms with van der Waals surface area (Å²) >= 11 is 0. The van der Waals surface area contributed by atoms with Gasteiger partial charge in [-0.3, -0.25) is 0 Å². The highest BCUT2D eigenvalue weighted by Crippen LogP contribution is 2.45. The number of anilines is 1. The SMILES string of the molecule is CCOC(=O)c1cc2ccc3c(c2oc1=O)C(C)CC(C)(C)N3CC. The van der Waals surface area contributed by atoms with Gasteiger partial charge in [-0.05, 0) is 58.2 Å². The van der Waals surface area contributed by atoms with E-state index in [9.17, 15) is 9.59 Å². The molecule has 0 N–H and O–H groups in total. The van der Waals surface area contributed by atoms with E-state index >= 15 is 0 Å². The first-order valence-corrected chi connectivity index (χ1v) is 8.85. The predicted octanol–water partition coefficient (Wildman–Crippen LogP) is 4.08. The molecule has 1 aliphatic heterocycles. The lowest BCUT2D eigenvalue weighted by Crippen LogP contribution is -2.48. The molecule has 0 radical (unpaired) electrons. The lowest BCUT2D eigenvalue weighted by molar-refractivity contribution is 0.0522. The van der Waals surface area contributed by atoms with Crippen LogP contribution < -0.4 is 10.5 Å². The zero-order chi connectivity index (χ0) is 18.4. The van der Waals surface area contributed by atoms with E-state index in [1.165, 1.54) is 0 Å². The first kappa shape index (κ1) is 17.5. The number of benzene rings is 1. The maximum atomic E-state index is 12.3. The molecular formula is C20H25NO4. The zero-order valence-corrected chi connectivity index (χ0v) is 15.5. The molecule has 1 aliphatic rings. The molecule has 1 aromatic heterocycles. The van der Waals surface area contributed by atoms with E-state index in [0.29, 0.717) is 5.58 Å². The Balaban J connectivity index is 2.24. The van der Waals surface area contributed by atoms with Crippen molar-refractivity contribution in [1.29, 1.82) is 0 Å². The first-order valence-electron chi connectivity index (χ1n) is 8.85. The highest BCUT2D eigenvalue weighted by Gasteiger charge is 2.37. The first-order chi connectivity index (χ1) is 11.8. The maximum Gasteiger partial charge on any atom is 0.351 e. The van der Waals surface area contributed by atoms with Gasteiger partial charge in [-0.1, -0.05) is 6.92 Å². The van der Waals surface area contributed by atoms with Crippen molar-refractivity contribution in [3.8, 4) is 0 Å². The summed E-state index contributed by atoms with van der Waals surface area (Å²) in [5.74, 6) is -0.381. The maximum absolute atomic E-state index is 12.3. The second-order valence-corrected chi connectivity index (χ2v) is 7.25. The van der Waals surface area contributed by atoms with Crippen molar-refractivity contribution in [2.45, 2.75) is 52.5 Å². The van der Waals surface area contributed by atoms with Gasteiger partial charge in [0.25, 0.3) is 0 Å². The Morgan fingerprint density at radius 2 is 2.08 bits per heavy atom. The fourth-order valence-electron chi connectivity index (χ4n) is 4.14. The topological polar surface area (TPSA) is 59.8 Å². The second-order valence-electron chi connectivity index (χ2n) is 7.25. The van der Waals surface area contributed by atoms with Crippen LogP contribution >= 0.6 is 0 Å². The van der Waals surface area contributed by atoms with Crippen LogP contribution in [0.15, 0.2) is 27.4 Å². The zero-order valence-electron chi connectivity index (χ0n) is 15.5. The number of hydrogen-bond acceptors (Lipinski definition) is 5. The molecule has 25 heavy (non-hydrogen) atoms. The molecule has 1 aromatic carbocycles. The van der Waals surface area contributed by atoms with Crippen molar-refractivity contribution >= 4 is 22.6 Å². The molecule has 2 aromatic rings.